The van der Waals surface area contributed by atoms with Gasteiger partial charge in [-0.15, -0.1) is 0 Å². The topological polar surface area (TPSA) is 8.17 Å². The minimum atomic E-state index is 0.599. The molecule has 0 amide bonds. The standard InChI is InChI=1S/C49H38N2/c1-35-16-18-37(19-17-35)39-22-29-44(30-23-39)50(43-27-20-38(21-28-43)36-10-4-2-5-11-36)45-31-24-40(25-32-45)41-26-33-49-47(34-41)46-14-8-9-15-48(46)51(49)42-12-6-3-7-13-42/h2-16,18-35H,17H2,1H3. The molecule has 8 aromatic rings. The van der Waals surface area contributed by atoms with E-state index in [2.05, 4.69) is 211 Å². The number of nitrogens with zero attached hydrogens (tertiary/aromatic N) is 2. The molecule has 0 fully saturated rings. The van der Waals surface area contributed by atoms with Crippen molar-refractivity contribution in [1.82, 2.24) is 4.57 Å². The molecule has 0 aliphatic heterocycles. The molecule has 9 rings (SSSR count). The Morgan fingerprint density at radius 3 is 1.61 bits per heavy atom. The summed E-state index contributed by atoms with van der Waals surface area (Å²) in [5, 5.41) is 2.52. The fraction of sp³-hybridized carbons (Fsp3) is 0.0612. The van der Waals surface area contributed by atoms with Gasteiger partial charge in [-0.3, -0.25) is 0 Å². The maximum Gasteiger partial charge on any atom is 0.0541 e. The Morgan fingerprint density at radius 1 is 0.471 bits per heavy atom. The number of rotatable bonds is 7. The predicted molar refractivity (Wildman–Crippen MR) is 217 cm³/mol. The first-order valence-electron chi connectivity index (χ1n) is 17.8. The summed E-state index contributed by atoms with van der Waals surface area (Å²) in [6.45, 7) is 2.27. The molecule has 1 heterocycles. The van der Waals surface area contributed by atoms with Crippen LogP contribution in [0.4, 0.5) is 17.1 Å². The summed E-state index contributed by atoms with van der Waals surface area (Å²) in [4.78, 5) is 2.35. The number of benzene rings is 7. The van der Waals surface area contributed by atoms with Crippen molar-refractivity contribution >= 4 is 44.4 Å². The van der Waals surface area contributed by atoms with E-state index in [1.807, 2.05) is 0 Å². The fourth-order valence-corrected chi connectivity index (χ4v) is 7.44. The molecule has 0 radical (unpaired) electrons. The van der Waals surface area contributed by atoms with E-state index in [0.717, 1.165) is 23.5 Å². The highest BCUT2D eigenvalue weighted by molar-refractivity contribution is 6.10. The Balaban J connectivity index is 1.09. The van der Waals surface area contributed by atoms with Crippen molar-refractivity contribution in [2.75, 3.05) is 4.90 Å². The summed E-state index contributed by atoms with van der Waals surface area (Å²) in [7, 11) is 0. The second-order valence-electron chi connectivity index (χ2n) is 13.5. The van der Waals surface area contributed by atoms with Crippen molar-refractivity contribution in [2.45, 2.75) is 13.3 Å². The molecule has 0 N–H and O–H groups in total. The van der Waals surface area contributed by atoms with Gasteiger partial charge in [0.1, 0.15) is 0 Å². The average Bonchev–Trinajstić information content (AvgIpc) is 3.54. The lowest BCUT2D eigenvalue weighted by molar-refractivity contribution is 0.739. The van der Waals surface area contributed by atoms with Crippen LogP contribution in [0.25, 0.3) is 55.3 Å². The van der Waals surface area contributed by atoms with E-state index in [9.17, 15) is 0 Å². The van der Waals surface area contributed by atoms with Crippen LogP contribution in [0.2, 0.25) is 0 Å². The van der Waals surface area contributed by atoms with Crippen LogP contribution in [-0.2, 0) is 0 Å². The number of anilines is 3. The van der Waals surface area contributed by atoms with Gasteiger partial charge >= 0.3 is 0 Å². The zero-order valence-electron chi connectivity index (χ0n) is 28.7. The van der Waals surface area contributed by atoms with Crippen molar-refractivity contribution in [3.05, 3.63) is 200 Å². The van der Waals surface area contributed by atoms with Crippen LogP contribution in [0.15, 0.2) is 194 Å². The maximum absolute atomic E-state index is 2.37. The van der Waals surface area contributed by atoms with Crippen LogP contribution >= 0.6 is 0 Å². The Morgan fingerprint density at radius 2 is 0.980 bits per heavy atom. The highest BCUT2D eigenvalue weighted by Gasteiger charge is 2.16. The molecule has 0 spiro atoms. The molecule has 1 aliphatic rings. The first kappa shape index (κ1) is 30.7. The van der Waals surface area contributed by atoms with E-state index >= 15 is 0 Å². The second kappa shape index (κ2) is 13.2. The smallest absolute Gasteiger partial charge is 0.0541 e. The van der Waals surface area contributed by atoms with Gasteiger partial charge < -0.3 is 9.47 Å². The number of para-hydroxylation sites is 2. The monoisotopic (exact) mass is 654 g/mol. The van der Waals surface area contributed by atoms with Gasteiger partial charge in [0.15, 0.2) is 0 Å². The van der Waals surface area contributed by atoms with E-state index in [-0.39, 0.29) is 0 Å². The lowest BCUT2D eigenvalue weighted by atomic mass is 9.94. The lowest BCUT2D eigenvalue weighted by Crippen LogP contribution is -2.10. The van der Waals surface area contributed by atoms with Gasteiger partial charge in [-0.1, -0.05) is 134 Å². The van der Waals surface area contributed by atoms with E-state index in [1.54, 1.807) is 0 Å². The normalized spacial score (nSPS) is 14.1. The minimum absolute atomic E-state index is 0.599. The number of aromatic nitrogens is 1. The SMILES string of the molecule is CC1C=CC(c2ccc(N(c3ccc(-c4ccccc4)cc3)c3ccc(-c4ccc5c(c4)c4ccccc4n5-c4ccccc4)cc3)cc2)=CC1. The van der Waals surface area contributed by atoms with Crippen molar-refractivity contribution in [2.24, 2.45) is 5.92 Å². The van der Waals surface area contributed by atoms with E-state index in [4.69, 9.17) is 0 Å². The Labute approximate surface area is 299 Å². The molecule has 1 aliphatic carbocycles. The molecule has 0 saturated carbocycles. The van der Waals surface area contributed by atoms with E-state index in [1.165, 1.54) is 60.9 Å². The molecular weight excluding hydrogens is 617 g/mol. The van der Waals surface area contributed by atoms with Crippen LogP contribution in [0.1, 0.15) is 18.9 Å². The number of hydrogen-bond donors (Lipinski definition) is 0. The zero-order valence-corrected chi connectivity index (χ0v) is 28.7. The van der Waals surface area contributed by atoms with Crippen LogP contribution < -0.4 is 4.90 Å². The molecule has 244 valence electrons. The molecule has 7 aromatic carbocycles. The van der Waals surface area contributed by atoms with Gasteiger partial charge in [-0.2, -0.15) is 0 Å². The van der Waals surface area contributed by atoms with Gasteiger partial charge in [0.2, 0.25) is 0 Å². The fourth-order valence-electron chi connectivity index (χ4n) is 7.44. The molecule has 1 aromatic heterocycles. The third-order valence-electron chi connectivity index (χ3n) is 10.2. The van der Waals surface area contributed by atoms with Gasteiger partial charge in [-0.25, -0.2) is 0 Å². The second-order valence-corrected chi connectivity index (χ2v) is 13.5. The number of fused-ring (bicyclic) bond motifs is 3. The summed E-state index contributed by atoms with van der Waals surface area (Å²) >= 11 is 0. The lowest BCUT2D eigenvalue weighted by Gasteiger charge is -2.26. The van der Waals surface area contributed by atoms with Crippen LogP contribution in [0, 0.1) is 5.92 Å². The van der Waals surface area contributed by atoms with E-state index < -0.39 is 0 Å². The van der Waals surface area contributed by atoms with Crippen molar-refractivity contribution in [1.29, 1.82) is 0 Å². The molecule has 0 saturated heterocycles. The van der Waals surface area contributed by atoms with Crippen molar-refractivity contribution in [3.8, 4) is 27.9 Å². The molecule has 1 atom stereocenters. The maximum atomic E-state index is 2.37. The van der Waals surface area contributed by atoms with Crippen LogP contribution in [-0.4, -0.2) is 4.57 Å². The van der Waals surface area contributed by atoms with Gasteiger partial charge in [0.25, 0.3) is 0 Å². The average molecular weight is 655 g/mol. The van der Waals surface area contributed by atoms with Gasteiger partial charge in [0, 0.05) is 33.5 Å². The minimum Gasteiger partial charge on any atom is -0.311 e. The molecule has 0 bridgehead atoms. The Bertz CT molecular complexity index is 2520. The Hall–Kier alpha value is -6.38. The molecular formula is C49H38N2. The highest BCUT2D eigenvalue weighted by atomic mass is 15.1. The molecule has 2 nitrogen and oxygen atoms in total. The largest absolute Gasteiger partial charge is 0.311 e. The third-order valence-corrected chi connectivity index (χ3v) is 10.2. The Kier molecular flexibility index (Phi) is 7.91. The van der Waals surface area contributed by atoms with Crippen molar-refractivity contribution in [3.63, 3.8) is 0 Å². The zero-order chi connectivity index (χ0) is 34.1. The summed E-state index contributed by atoms with van der Waals surface area (Å²) in [5.74, 6) is 0.599. The van der Waals surface area contributed by atoms with Crippen molar-refractivity contribution < 1.29 is 0 Å². The first-order valence-corrected chi connectivity index (χ1v) is 17.8. The first-order chi connectivity index (χ1) is 25.2. The number of allylic oxidation sites excluding steroid dienone is 4. The summed E-state index contributed by atoms with van der Waals surface area (Å²) in [6.07, 6.45) is 8.01. The van der Waals surface area contributed by atoms with Gasteiger partial charge in [0.05, 0.1) is 11.0 Å². The van der Waals surface area contributed by atoms with E-state index in [0.29, 0.717) is 5.92 Å². The molecule has 2 heteroatoms. The summed E-state index contributed by atoms with van der Waals surface area (Å²) in [6, 6.07) is 63.7. The predicted octanol–water partition coefficient (Wildman–Crippen LogP) is 13.6. The van der Waals surface area contributed by atoms with Crippen LogP contribution in [0.5, 0.6) is 0 Å². The third kappa shape index (κ3) is 5.85. The quantitative estimate of drug-likeness (QED) is 0.166. The summed E-state index contributed by atoms with van der Waals surface area (Å²) in [5.41, 5.74) is 14.3. The van der Waals surface area contributed by atoms with Crippen LogP contribution in [0.3, 0.4) is 0 Å². The summed E-state index contributed by atoms with van der Waals surface area (Å²) < 4.78 is 2.37. The molecule has 51 heavy (non-hydrogen) atoms. The number of hydrogen-bond acceptors (Lipinski definition) is 1. The van der Waals surface area contributed by atoms with Gasteiger partial charge in [-0.05, 0) is 112 Å². The highest BCUT2D eigenvalue weighted by Crippen LogP contribution is 2.39. The molecule has 1 unspecified atom stereocenters.